The molecule has 3 aromatic rings. The third-order valence-corrected chi connectivity index (χ3v) is 4.48. The number of carbonyl (C=O) groups is 1. The standard InChI is InChI=1S/C24H19NO4/c1-27-22-15-18(12-13-21(22)28-16-17-8-4-2-5-9-17)14-20-23(25-29-24(20)26)19-10-6-3-7-11-19/h2-15H,16H2,1H3/b20-14+. The maximum Gasteiger partial charge on any atom is 0.368 e. The molecular formula is C24H19NO4. The van der Waals surface area contributed by atoms with Gasteiger partial charge in [0.05, 0.1) is 12.7 Å². The van der Waals surface area contributed by atoms with Gasteiger partial charge in [0.1, 0.15) is 12.3 Å². The lowest BCUT2D eigenvalue weighted by atomic mass is 10.0. The summed E-state index contributed by atoms with van der Waals surface area (Å²) in [6.07, 6.45) is 1.74. The summed E-state index contributed by atoms with van der Waals surface area (Å²) in [7, 11) is 1.59. The number of rotatable bonds is 6. The van der Waals surface area contributed by atoms with Crippen LogP contribution in [0.25, 0.3) is 6.08 Å². The number of nitrogens with zero attached hydrogens (tertiary/aromatic N) is 1. The molecule has 0 saturated heterocycles. The summed E-state index contributed by atoms with van der Waals surface area (Å²) in [5.74, 6) is 0.733. The topological polar surface area (TPSA) is 57.1 Å². The fourth-order valence-electron chi connectivity index (χ4n) is 3.01. The summed E-state index contributed by atoms with van der Waals surface area (Å²) < 4.78 is 11.4. The Hall–Kier alpha value is -3.86. The van der Waals surface area contributed by atoms with E-state index in [2.05, 4.69) is 5.16 Å². The van der Waals surface area contributed by atoms with Gasteiger partial charge in [0.15, 0.2) is 11.5 Å². The highest BCUT2D eigenvalue weighted by atomic mass is 16.7. The Labute approximate surface area is 168 Å². The van der Waals surface area contributed by atoms with Crippen LogP contribution < -0.4 is 9.47 Å². The first-order valence-corrected chi connectivity index (χ1v) is 9.16. The lowest BCUT2D eigenvalue weighted by Crippen LogP contribution is -2.06. The first-order valence-electron chi connectivity index (χ1n) is 9.16. The fraction of sp³-hybridized carbons (Fsp3) is 0.0833. The van der Waals surface area contributed by atoms with Gasteiger partial charge in [-0.05, 0) is 29.3 Å². The molecule has 5 nitrogen and oxygen atoms in total. The van der Waals surface area contributed by atoms with Crippen molar-refractivity contribution in [2.24, 2.45) is 5.16 Å². The van der Waals surface area contributed by atoms with Gasteiger partial charge in [0, 0.05) is 5.56 Å². The quantitative estimate of drug-likeness (QED) is 0.459. The maximum absolute atomic E-state index is 12.2. The highest BCUT2D eigenvalue weighted by Gasteiger charge is 2.26. The molecule has 5 heteroatoms. The number of carbonyl (C=O) groups excluding carboxylic acids is 1. The molecule has 0 radical (unpaired) electrons. The van der Waals surface area contributed by atoms with Crippen molar-refractivity contribution in [3.05, 3.63) is 101 Å². The SMILES string of the molecule is COc1cc(/C=C2/C(=O)ON=C2c2ccccc2)ccc1OCc1ccccc1. The summed E-state index contributed by atoms with van der Waals surface area (Å²) in [5, 5.41) is 3.93. The number of benzene rings is 3. The zero-order chi connectivity index (χ0) is 20.1. The molecular weight excluding hydrogens is 366 g/mol. The van der Waals surface area contributed by atoms with Crippen LogP contribution in [0.2, 0.25) is 0 Å². The molecule has 1 heterocycles. The lowest BCUT2D eigenvalue weighted by molar-refractivity contribution is -0.136. The van der Waals surface area contributed by atoms with Gasteiger partial charge in [0.2, 0.25) is 0 Å². The fourth-order valence-corrected chi connectivity index (χ4v) is 3.01. The summed E-state index contributed by atoms with van der Waals surface area (Å²) >= 11 is 0. The second kappa shape index (κ2) is 8.44. The lowest BCUT2D eigenvalue weighted by Gasteiger charge is -2.11. The number of hydrogen-bond acceptors (Lipinski definition) is 5. The number of ether oxygens (including phenoxy) is 2. The predicted octanol–water partition coefficient (Wildman–Crippen LogP) is 4.62. The molecule has 0 aromatic heterocycles. The van der Waals surface area contributed by atoms with Crippen molar-refractivity contribution in [2.45, 2.75) is 6.61 Å². The summed E-state index contributed by atoms with van der Waals surface area (Å²) in [4.78, 5) is 17.1. The van der Waals surface area contributed by atoms with E-state index < -0.39 is 5.97 Å². The van der Waals surface area contributed by atoms with Crippen LogP contribution in [0.1, 0.15) is 16.7 Å². The Bertz CT molecular complexity index is 1070. The van der Waals surface area contributed by atoms with Gasteiger partial charge in [0.25, 0.3) is 0 Å². The zero-order valence-corrected chi connectivity index (χ0v) is 15.9. The van der Waals surface area contributed by atoms with E-state index in [4.69, 9.17) is 14.3 Å². The first kappa shape index (κ1) is 18.5. The summed E-state index contributed by atoms with van der Waals surface area (Å²) in [6.45, 7) is 0.439. The van der Waals surface area contributed by atoms with Crippen molar-refractivity contribution in [1.82, 2.24) is 0 Å². The minimum atomic E-state index is -0.479. The largest absolute Gasteiger partial charge is 0.493 e. The van der Waals surface area contributed by atoms with Crippen LogP contribution in [-0.2, 0) is 16.2 Å². The van der Waals surface area contributed by atoms with Gasteiger partial charge in [-0.3, -0.25) is 0 Å². The van der Waals surface area contributed by atoms with Gasteiger partial charge in [-0.25, -0.2) is 4.79 Å². The van der Waals surface area contributed by atoms with Crippen LogP contribution >= 0.6 is 0 Å². The predicted molar refractivity (Wildman–Crippen MR) is 111 cm³/mol. The average Bonchev–Trinajstić information content (AvgIpc) is 3.14. The Kier molecular flexibility index (Phi) is 5.38. The smallest absolute Gasteiger partial charge is 0.368 e. The normalized spacial score (nSPS) is 14.4. The Morgan fingerprint density at radius 3 is 2.38 bits per heavy atom. The van der Waals surface area contributed by atoms with E-state index in [9.17, 15) is 4.79 Å². The number of methoxy groups -OCH3 is 1. The average molecular weight is 385 g/mol. The van der Waals surface area contributed by atoms with E-state index in [1.54, 1.807) is 13.2 Å². The van der Waals surface area contributed by atoms with Crippen molar-refractivity contribution in [2.75, 3.05) is 7.11 Å². The molecule has 1 aliphatic heterocycles. The molecule has 0 amide bonds. The van der Waals surface area contributed by atoms with Crippen LogP contribution in [0.5, 0.6) is 11.5 Å². The number of hydrogen-bond donors (Lipinski definition) is 0. The van der Waals surface area contributed by atoms with Crippen molar-refractivity contribution >= 4 is 17.8 Å². The van der Waals surface area contributed by atoms with E-state index in [0.717, 1.165) is 16.7 Å². The first-order chi connectivity index (χ1) is 14.2. The van der Waals surface area contributed by atoms with E-state index >= 15 is 0 Å². The van der Waals surface area contributed by atoms with Gasteiger partial charge >= 0.3 is 5.97 Å². The second-order valence-electron chi connectivity index (χ2n) is 6.43. The molecule has 144 valence electrons. The van der Waals surface area contributed by atoms with Crippen LogP contribution in [0, 0.1) is 0 Å². The highest BCUT2D eigenvalue weighted by Crippen LogP contribution is 2.30. The number of oxime groups is 1. The molecule has 29 heavy (non-hydrogen) atoms. The minimum Gasteiger partial charge on any atom is -0.493 e. The third kappa shape index (κ3) is 4.19. The minimum absolute atomic E-state index is 0.399. The van der Waals surface area contributed by atoms with Crippen LogP contribution in [0.4, 0.5) is 0 Å². The van der Waals surface area contributed by atoms with Crippen LogP contribution in [-0.4, -0.2) is 18.8 Å². The molecule has 0 saturated carbocycles. The monoisotopic (exact) mass is 385 g/mol. The van der Waals surface area contributed by atoms with Gasteiger partial charge < -0.3 is 14.3 Å². The van der Waals surface area contributed by atoms with E-state index in [1.165, 1.54) is 0 Å². The van der Waals surface area contributed by atoms with E-state index in [0.29, 0.717) is 29.4 Å². The molecule has 0 N–H and O–H groups in total. The Balaban J connectivity index is 1.58. The summed E-state index contributed by atoms with van der Waals surface area (Å²) in [5.41, 5.74) is 3.58. The molecule has 4 rings (SSSR count). The molecule has 0 unspecified atom stereocenters. The Morgan fingerprint density at radius 1 is 0.931 bits per heavy atom. The maximum atomic E-state index is 12.2. The van der Waals surface area contributed by atoms with Gasteiger partial charge in [-0.15, -0.1) is 0 Å². The second-order valence-corrected chi connectivity index (χ2v) is 6.43. The third-order valence-electron chi connectivity index (χ3n) is 4.48. The van der Waals surface area contributed by atoms with Crippen LogP contribution in [0.15, 0.2) is 89.6 Å². The van der Waals surface area contributed by atoms with E-state index in [1.807, 2.05) is 78.9 Å². The van der Waals surface area contributed by atoms with Crippen molar-refractivity contribution in [3.8, 4) is 11.5 Å². The molecule has 0 aliphatic carbocycles. The molecule has 0 atom stereocenters. The molecule has 3 aromatic carbocycles. The Morgan fingerprint density at radius 2 is 1.66 bits per heavy atom. The molecule has 0 bridgehead atoms. The van der Waals surface area contributed by atoms with Crippen molar-refractivity contribution in [3.63, 3.8) is 0 Å². The summed E-state index contributed by atoms with van der Waals surface area (Å²) in [6, 6.07) is 24.9. The zero-order valence-electron chi connectivity index (χ0n) is 15.9. The van der Waals surface area contributed by atoms with Gasteiger partial charge in [-0.2, -0.15) is 0 Å². The van der Waals surface area contributed by atoms with Crippen LogP contribution in [0.3, 0.4) is 0 Å². The highest BCUT2D eigenvalue weighted by molar-refractivity contribution is 6.31. The molecule has 0 spiro atoms. The van der Waals surface area contributed by atoms with Gasteiger partial charge in [-0.1, -0.05) is 71.9 Å². The molecule has 0 fully saturated rings. The van der Waals surface area contributed by atoms with E-state index in [-0.39, 0.29) is 0 Å². The van der Waals surface area contributed by atoms with Crippen molar-refractivity contribution in [1.29, 1.82) is 0 Å². The van der Waals surface area contributed by atoms with Crippen molar-refractivity contribution < 1.29 is 19.1 Å². The molecule has 1 aliphatic rings.